The minimum atomic E-state index is -0.439. The fourth-order valence-corrected chi connectivity index (χ4v) is 2.64. The first kappa shape index (κ1) is 19.4. The molecular formula is C21H19ClN2O4. The molecule has 0 unspecified atom stereocenters. The average Bonchev–Trinajstić information content (AvgIpc) is 2.70. The second kappa shape index (κ2) is 9.01. The number of benzene rings is 3. The Kier molecular flexibility index (Phi) is 6.24. The molecule has 0 aliphatic carbocycles. The second-order valence-electron chi connectivity index (χ2n) is 5.73. The van der Waals surface area contributed by atoms with Crippen molar-refractivity contribution in [1.29, 1.82) is 0 Å². The number of rotatable bonds is 6. The van der Waals surface area contributed by atoms with Gasteiger partial charge in [0.2, 0.25) is 0 Å². The zero-order valence-corrected chi connectivity index (χ0v) is 16.1. The molecule has 0 aromatic heterocycles. The molecule has 2 N–H and O–H groups in total. The fraction of sp³-hybridized carbons (Fsp3) is 0.0952. The standard InChI is InChI=1S/C21H19ClN2O4/c1-26-16-6-3-5-15(12-16)23-21(25)24-19-11-14(22)9-10-20(19)28-18-8-4-7-17(13-18)27-2/h3-13H,1-2H3,(H2,23,24,25). The van der Waals surface area contributed by atoms with Crippen molar-refractivity contribution in [2.75, 3.05) is 24.9 Å². The summed E-state index contributed by atoms with van der Waals surface area (Å²) < 4.78 is 16.2. The molecule has 0 spiro atoms. The van der Waals surface area contributed by atoms with Crippen molar-refractivity contribution in [3.63, 3.8) is 0 Å². The highest BCUT2D eigenvalue weighted by molar-refractivity contribution is 6.31. The van der Waals surface area contributed by atoms with Crippen LogP contribution in [0.5, 0.6) is 23.0 Å². The second-order valence-corrected chi connectivity index (χ2v) is 6.17. The molecule has 6 nitrogen and oxygen atoms in total. The molecule has 144 valence electrons. The number of carbonyl (C=O) groups is 1. The Morgan fingerprint density at radius 2 is 1.50 bits per heavy atom. The molecule has 2 amide bonds. The lowest BCUT2D eigenvalue weighted by atomic mass is 10.2. The number of nitrogens with one attached hydrogen (secondary N) is 2. The largest absolute Gasteiger partial charge is 0.497 e. The fourth-order valence-electron chi connectivity index (χ4n) is 2.47. The van der Waals surface area contributed by atoms with E-state index in [2.05, 4.69) is 10.6 Å². The van der Waals surface area contributed by atoms with Crippen LogP contribution in [-0.2, 0) is 0 Å². The van der Waals surface area contributed by atoms with E-state index in [1.54, 1.807) is 68.8 Å². The number of carbonyl (C=O) groups excluding carboxylic acids is 1. The molecule has 3 aromatic rings. The van der Waals surface area contributed by atoms with E-state index in [1.807, 2.05) is 12.1 Å². The number of urea groups is 1. The van der Waals surface area contributed by atoms with E-state index in [9.17, 15) is 4.79 Å². The Hall–Kier alpha value is -3.38. The van der Waals surface area contributed by atoms with E-state index in [1.165, 1.54) is 0 Å². The number of methoxy groups -OCH3 is 2. The number of amides is 2. The van der Waals surface area contributed by atoms with Crippen LogP contribution < -0.4 is 24.8 Å². The van der Waals surface area contributed by atoms with E-state index in [0.29, 0.717) is 39.4 Å². The topological polar surface area (TPSA) is 68.8 Å². The van der Waals surface area contributed by atoms with Gasteiger partial charge in [-0.2, -0.15) is 0 Å². The van der Waals surface area contributed by atoms with E-state index in [0.717, 1.165) is 0 Å². The van der Waals surface area contributed by atoms with Crippen molar-refractivity contribution in [2.24, 2.45) is 0 Å². The van der Waals surface area contributed by atoms with Gasteiger partial charge in [-0.05, 0) is 42.5 Å². The number of hydrogen-bond acceptors (Lipinski definition) is 4. The molecule has 0 aliphatic rings. The first-order valence-corrected chi connectivity index (χ1v) is 8.78. The maximum Gasteiger partial charge on any atom is 0.323 e. The van der Waals surface area contributed by atoms with Crippen molar-refractivity contribution >= 4 is 29.0 Å². The third kappa shape index (κ3) is 5.08. The van der Waals surface area contributed by atoms with Crippen molar-refractivity contribution in [1.82, 2.24) is 0 Å². The first-order chi connectivity index (χ1) is 13.6. The van der Waals surface area contributed by atoms with Gasteiger partial charge in [-0.15, -0.1) is 0 Å². The summed E-state index contributed by atoms with van der Waals surface area (Å²) in [5.74, 6) is 2.32. The molecule has 0 aliphatic heterocycles. The van der Waals surface area contributed by atoms with Gasteiger partial charge in [0, 0.05) is 22.8 Å². The summed E-state index contributed by atoms with van der Waals surface area (Å²) in [4.78, 5) is 12.4. The average molecular weight is 399 g/mol. The van der Waals surface area contributed by atoms with Crippen LogP contribution in [0.2, 0.25) is 5.02 Å². The number of anilines is 2. The summed E-state index contributed by atoms with van der Waals surface area (Å²) in [6.45, 7) is 0. The van der Waals surface area contributed by atoms with E-state index in [-0.39, 0.29) is 0 Å². The highest BCUT2D eigenvalue weighted by atomic mass is 35.5. The lowest BCUT2D eigenvalue weighted by molar-refractivity contribution is 0.262. The van der Waals surface area contributed by atoms with E-state index < -0.39 is 6.03 Å². The Morgan fingerprint density at radius 1 is 0.821 bits per heavy atom. The maximum atomic E-state index is 12.4. The molecular weight excluding hydrogens is 380 g/mol. The van der Waals surface area contributed by atoms with Gasteiger partial charge in [-0.3, -0.25) is 0 Å². The van der Waals surface area contributed by atoms with Crippen LogP contribution in [0.4, 0.5) is 16.2 Å². The van der Waals surface area contributed by atoms with E-state index >= 15 is 0 Å². The molecule has 0 radical (unpaired) electrons. The summed E-state index contributed by atoms with van der Waals surface area (Å²) in [6, 6.07) is 18.7. The highest BCUT2D eigenvalue weighted by Gasteiger charge is 2.11. The molecule has 3 aromatic carbocycles. The molecule has 0 saturated heterocycles. The van der Waals surface area contributed by atoms with Gasteiger partial charge in [0.05, 0.1) is 19.9 Å². The van der Waals surface area contributed by atoms with Gasteiger partial charge in [-0.25, -0.2) is 4.79 Å². The summed E-state index contributed by atoms with van der Waals surface area (Å²) in [7, 11) is 3.14. The predicted octanol–water partition coefficient (Wildman–Crippen LogP) is 5.79. The zero-order valence-electron chi connectivity index (χ0n) is 15.4. The van der Waals surface area contributed by atoms with Crippen LogP contribution in [-0.4, -0.2) is 20.3 Å². The molecule has 0 atom stereocenters. The number of ether oxygens (including phenoxy) is 3. The summed E-state index contributed by atoms with van der Waals surface area (Å²) in [5.41, 5.74) is 1.02. The van der Waals surface area contributed by atoms with Crippen LogP contribution in [0.25, 0.3) is 0 Å². The predicted molar refractivity (Wildman–Crippen MR) is 110 cm³/mol. The van der Waals surface area contributed by atoms with Crippen LogP contribution in [0.3, 0.4) is 0 Å². The van der Waals surface area contributed by atoms with E-state index in [4.69, 9.17) is 25.8 Å². The molecule has 28 heavy (non-hydrogen) atoms. The minimum absolute atomic E-state index is 0.427. The van der Waals surface area contributed by atoms with Crippen molar-refractivity contribution < 1.29 is 19.0 Å². The van der Waals surface area contributed by atoms with Gasteiger partial charge in [-0.1, -0.05) is 23.7 Å². The quantitative estimate of drug-likeness (QED) is 0.551. The zero-order chi connectivity index (χ0) is 19.9. The Morgan fingerprint density at radius 3 is 2.25 bits per heavy atom. The molecule has 7 heteroatoms. The lowest BCUT2D eigenvalue weighted by Crippen LogP contribution is -2.19. The van der Waals surface area contributed by atoms with Crippen LogP contribution in [0.15, 0.2) is 66.7 Å². The van der Waals surface area contributed by atoms with Crippen molar-refractivity contribution in [3.05, 3.63) is 71.8 Å². The minimum Gasteiger partial charge on any atom is -0.497 e. The van der Waals surface area contributed by atoms with Gasteiger partial charge in [0.25, 0.3) is 0 Å². The molecule has 0 fully saturated rings. The first-order valence-electron chi connectivity index (χ1n) is 8.41. The molecule has 0 saturated carbocycles. The number of halogens is 1. The van der Waals surface area contributed by atoms with Gasteiger partial charge >= 0.3 is 6.03 Å². The van der Waals surface area contributed by atoms with Crippen molar-refractivity contribution in [2.45, 2.75) is 0 Å². The van der Waals surface area contributed by atoms with Gasteiger partial charge < -0.3 is 24.8 Å². The Labute approximate surface area is 168 Å². The molecule has 0 bridgehead atoms. The Bertz CT molecular complexity index is 978. The Balaban J connectivity index is 1.77. The summed E-state index contributed by atoms with van der Waals surface area (Å²) in [6.07, 6.45) is 0. The molecule has 3 rings (SSSR count). The lowest BCUT2D eigenvalue weighted by Gasteiger charge is -2.14. The van der Waals surface area contributed by atoms with Crippen LogP contribution in [0.1, 0.15) is 0 Å². The van der Waals surface area contributed by atoms with Crippen molar-refractivity contribution in [3.8, 4) is 23.0 Å². The summed E-state index contributed by atoms with van der Waals surface area (Å²) in [5, 5.41) is 5.97. The monoisotopic (exact) mass is 398 g/mol. The SMILES string of the molecule is COc1cccc(NC(=O)Nc2cc(Cl)ccc2Oc2cccc(OC)c2)c1. The summed E-state index contributed by atoms with van der Waals surface area (Å²) >= 11 is 6.09. The number of hydrogen-bond donors (Lipinski definition) is 2. The van der Waals surface area contributed by atoms with Crippen LogP contribution in [0, 0.1) is 0 Å². The highest BCUT2D eigenvalue weighted by Crippen LogP contribution is 2.33. The normalized spacial score (nSPS) is 10.1. The smallest absolute Gasteiger partial charge is 0.323 e. The van der Waals surface area contributed by atoms with Crippen LogP contribution >= 0.6 is 11.6 Å². The maximum absolute atomic E-state index is 12.4. The third-order valence-corrected chi connectivity index (χ3v) is 4.02. The van der Waals surface area contributed by atoms with Gasteiger partial charge in [0.1, 0.15) is 17.2 Å². The molecule has 0 heterocycles. The van der Waals surface area contributed by atoms with Gasteiger partial charge in [0.15, 0.2) is 5.75 Å². The third-order valence-electron chi connectivity index (χ3n) is 3.79.